The normalized spacial score (nSPS) is 11.5. The Morgan fingerprint density at radius 2 is 1.68 bits per heavy atom. The summed E-state index contributed by atoms with van der Waals surface area (Å²) >= 11 is 0. The molecular weight excluding hydrogens is 393 g/mol. The predicted octanol–water partition coefficient (Wildman–Crippen LogP) is 3.89. The molecule has 0 fully saturated rings. The molecule has 0 aliphatic heterocycles. The number of hydrogen-bond acceptors (Lipinski definition) is 3. The third kappa shape index (κ3) is 6.47. The van der Waals surface area contributed by atoms with Crippen LogP contribution < -0.4 is 5.32 Å². The van der Waals surface area contributed by atoms with Crippen LogP contribution in [0.1, 0.15) is 30.0 Å². The van der Waals surface area contributed by atoms with E-state index in [0.717, 1.165) is 16.7 Å². The van der Waals surface area contributed by atoms with E-state index in [0.29, 0.717) is 13.0 Å². The molecule has 1 aromatic heterocycles. The van der Waals surface area contributed by atoms with E-state index in [1.807, 2.05) is 42.5 Å². The summed E-state index contributed by atoms with van der Waals surface area (Å²) in [7, 11) is 0. The van der Waals surface area contributed by atoms with Crippen LogP contribution in [0.15, 0.2) is 79.1 Å². The van der Waals surface area contributed by atoms with Crippen molar-refractivity contribution in [3.8, 4) is 0 Å². The van der Waals surface area contributed by atoms with Crippen LogP contribution in [-0.4, -0.2) is 27.7 Å². The number of nitrogens with one attached hydrogen (secondary N) is 1. The average molecular weight is 420 g/mol. The van der Waals surface area contributed by atoms with Gasteiger partial charge >= 0.3 is 0 Å². The smallest absolute Gasteiger partial charge is 0.243 e. The second kappa shape index (κ2) is 11.0. The first-order valence-electron chi connectivity index (χ1n) is 10.3. The van der Waals surface area contributed by atoms with Gasteiger partial charge in [-0.15, -0.1) is 0 Å². The molecule has 3 aromatic rings. The van der Waals surface area contributed by atoms with Gasteiger partial charge in [-0.1, -0.05) is 55.5 Å². The van der Waals surface area contributed by atoms with Crippen molar-refractivity contribution in [2.45, 2.75) is 38.9 Å². The van der Waals surface area contributed by atoms with Crippen LogP contribution in [0.25, 0.3) is 0 Å². The SMILES string of the molecule is CCC(=O)N(Cc1ccc(F)cc1)[C@@H](Cc1ccccc1)C(=O)NCc1cccnc1. The van der Waals surface area contributed by atoms with Gasteiger partial charge in [-0.3, -0.25) is 14.6 Å². The Morgan fingerprint density at radius 1 is 0.968 bits per heavy atom. The van der Waals surface area contributed by atoms with Crippen molar-refractivity contribution >= 4 is 11.8 Å². The van der Waals surface area contributed by atoms with Gasteiger partial charge in [-0.05, 0) is 34.9 Å². The minimum atomic E-state index is -0.698. The molecule has 5 nitrogen and oxygen atoms in total. The third-order valence-electron chi connectivity index (χ3n) is 5.03. The second-order valence-corrected chi connectivity index (χ2v) is 7.29. The fraction of sp³-hybridized carbons (Fsp3) is 0.240. The summed E-state index contributed by atoms with van der Waals surface area (Å²) < 4.78 is 13.3. The van der Waals surface area contributed by atoms with E-state index in [9.17, 15) is 14.0 Å². The fourth-order valence-corrected chi connectivity index (χ4v) is 3.35. The van der Waals surface area contributed by atoms with Gasteiger partial charge in [-0.2, -0.15) is 0 Å². The largest absolute Gasteiger partial charge is 0.350 e. The second-order valence-electron chi connectivity index (χ2n) is 7.29. The summed E-state index contributed by atoms with van der Waals surface area (Å²) in [6.07, 6.45) is 4.02. The van der Waals surface area contributed by atoms with Crippen molar-refractivity contribution in [1.29, 1.82) is 0 Å². The molecule has 0 aliphatic carbocycles. The predicted molar refractivity (Wildman–Crippen MR) is 117 cm³/mol. The number of aromatic nitrogens is 1. The quantitative estimate of drug-likeness (QED) is 0.572. The molecule has 1 N–H and O–H groups in total. The highest BCUT2D eigenvalue weighted by Crippen LogP contribution is 2.16. The monoisotopic (exact) mass is 419 g/mol. The lowest BCUT2D eigenvalue weighted by atomic mass is 10.0. The highest BCUT2D eigenvalue weighted by atomic mass is 19.1. The molecule has 6 heteroatoms. The zero-order valence-corrected chi connectivity index (χ0v) is 17.5. The molecular formula is C25H26FN3O2. The van der Waals surface area contributed by atoms with Crippen molar-refractivity contribution in [3.05, 3.63) is 102 Å². The molecule has 31 heavy (non-hydrogen) atoms. The number of pyridine rings is 1. The van der Waals surface area contributed by atoms with Crippen LogP contribution in [0.4, 0.5) is 4.39 Å². The van der Waals surface area contributed by atoms with Crippen LogP contribution in [0.3, 0.4) is 0 Å². The first kappa shape index (κ1) is 22.2. The van der Waals surface area contributed by atoms with Crippen LogP contribution in [0, 0.1) is 5.82 Å². The van der Waals surface area contributed by atoms with Gasteiger partial charge < -0.3 is 10.2 Å². The van der Waals surface area contributed by atoms with E-state index in [-0.39, 0.29) is 30.6 Å². The average Bonchev–Trinajstić information content (AvgIpc) is 2.82. The van der Waals surface area contributed by atoms with E-state index < -0.39 is 6.04 Å². The summed E-state index contributed by atoms with van der Waals surface area (Å²) in [5.41, 5.74) is 2.60. The minimum absolute atomic E-state index is 0.137. The summed E-state index contributed by atoms with van der Waals surface area (Å²) in [4.78, 5) is 31.7. The molecule has 1 atom stereocenters. The van der Waals surface area contributed by atoms with Crippen LogP contribution in [0.5, 0.6) is 0 Å². The number of benzene rings is 2. The molecule has 0 bridgehead atoms. The van der Waals surface area contributed by atoms with Gasteiger partial charge in [0.2, 0.25) is 11.8 Å². The molecule has 0 aliphatic rings. The van der Waals surface area contributed by atoms with Gasteiger partial charge in [0, 0.05) is 38.3 Å². The van der Waals surface area contributed by atoms with Crippen LogP contribution >= 0.6 is 0 Å². The summed E-state index contributed by atoms with van der Waals surface area (Å²) in [5, 5.41) is 2.94. The Labute approximate surface area is 181 Å². The lowest BCUT2D eigenvalue weighted by Gasteiger charge is -2.31. The van der Waals surface area contributed by atoms with Crippen molar-refractivity contribution < 1.29 is 14.0 Å². The lowest BCUT2D eigenvalue weighted by molar-refractivity contribution is -0.141. The van der Waals surface area contributed by atoms with E-state index in [1.165, 1.54) is 12.1 Å². The Morgan fingerprint density at radius 3 is 2.32 bits per heavy atom. The zero-order valence-electron chi connectivity index (χ0n) is 17.5. The summed E-state index contributed by atoms with van der Waals surface area (Å²) in [6, 6.07) is 18.6. The number of carbonyl (C=O) groups excluding carboxylic acids is 2. The molecule has 0 spiro atoms. The number of hydrogen-bond donors (Lipinski definition) is 1. The summed E-state index contributed by atoms with van der Waals surface area (Å²) in [6.45, 7) is 2.32. The standard InChI is InChI=1S/C25H26FN3O2/c1-2-24(30)29(18-20-10-12-22(26)13-11-20)23(15-19-7-4-3-5-8-19)25(31)28-17-21-9-6-14-27-16-21/h3-14,16,23H,2,15,17-18H2,1H3,(H,28,31)/t23-/m0/s1. The minimum Gasteiger partial charge on any atom is -0.350 e. The molecule has 3 rings (SSSR count). The molecule has 2 amide bonds. The van der Waals surface area contributed by atoms with Crippen molar-refractivity contribution in [1.82, 2.24) is 15.2 Å². The molecule has 0 unspecified atom stereocenters. The fourth-order valence-electron chi connectivity index (χ4n) is 3.35. The maximum Gasteiger partial charge on any atom is 0.243 e. The number of carbonyl (C=O) groups is 2. The van der Waals surface area contributed by atoms with Gasteiger partial charge in [0.05, 0.1) is 0 Å². The Bertz CT molecular complexity index is 979. The van der Waals surface area contributed by atoms with Gasteiger partial charge in [0.1, 0.15) is 11.9 Å². The summed E-state index contributed by atoms with van der Waals surface area (Å²) in [5.74, 6) is -0.717. The van der Waals surface area contributed by atoms with Crippen molar-refractivity contribution in [2.75, 3.05) is 0 Å². The van der Waals surface area contributed by atoms with Gasteiger partial charge in [0.15, 0.2) is 0 Å². The van der Waals surface area contributed by atoms with Gasteiger partial charge in [-0.25, -0.2) is 4.39 Å². The Hall–Kier alpha value is -3.54. The number of nitrogens with zero attached hydrogens (tertiary/aromatic N) is 2. The lowest BCUT2D eigenvalue weighted by Crippen LogP contribution is -2.50. The number of rotatable bonds is 9. The number of amides is 2. The van der Waals surface area contributed by atoms with Crippen molar-refractivity contribution in [2.24, 2.45) is 0 Å². The van der Waals surface area contributed by atoms with Crippen LogP contribution in [-0.2, 0) is 29.1 Å². The van der Waals surface area contributed by atoms with E-state index in [4.69, 9.17) is 0 Å². The third-order valence-corrected chi connectivity index (χ3v) is 5.03. The molecule has 1 heterocycles. The highest BCUT2D eigenvalue weighted by Gasteiger charge is 2.29. The first-order valence-corrected chi connectivity index (χ1v) is 10.3. The van der Waals surface area contributed by atoms with E-state index >= 15 is 0 Å². The maximum absolute atomic E-state index is 13.3. The van der Waals surface area contributed by atoms with Gasteiger partial charge in [0.25, 0.3) is 0 Å². The maximum atomic E-state index is 13.3. The topological polar surface area (TPSA) is 62.3 Å². The zero-order chi connectivity index (χ0) is 22.1. The molecule has 0 radical (unpaired) electrons. The molecule has 160 valence electrons. The number of halogens is 1. The van der Waals surface area contributed by atoms with Crippen molar-refractivity contribution in [3.63, 3.8) is 0 Å². The molecule has 2 aromatic carbocycles. The Balaban J connectivity index is 1.85. The first-order chi connectivity index (χ1) is 15.1. The highest BCUT2D eigenvalue weighted by molar-refractivity contribution is 5.87. The van der Waals surface area contributed by atoms with E-state index in [2.05, 4.69) is 10.3 Å². The molecule has 0 saturated carbocycles. The Kier molecular flexibility index (Phi) is 7.87. The van der Waals surface area contributed by atoms with E-state index in [1.54, 1.807) is 36.4 Å². The molecule has 0 saturated heterocycles. The van der Waals surface area contributed by atoms with Crippen LogP contribution in [0.2, 0.25) is 0 Å².